The van der Waals surface area contributed by atoms with E-state index in [0.29, 0.717) is 0 Å². The standard InChI is InChI=1S/C20H31/c1-3-4-5-6-7-8-18-11-15-20(16-12-18)19-13-9-17(2)10-14-19/h9-10,13-14,18,20H,2-8,11-12,15-16H2,1H3. The summed E-state index contributed by atoms with van der Waals surface area (Å²) in [6.45, 7) is 6.27. The van der Waals surface area contributed by atoms with Gasteiger partial charge in [-0.05, 0) is 55.6 Å². The van der Waals surface area contributed by atoms with E-state index in [0.717, 1.165) is 17.4 Å². The van der Waals surface area contributed by atoms with Crippen molar-refractivity contribution >= 4 is 0 Å². The van der Waals surface area contributed by atoms with Crippen molar-refractivity contribution in [3.05, 3.63) is 42.3 Å². The Bertz CT molecular complexity index is 354. The minimum atomic E-state index is 0.812. The van der Waals surface area contributed by atoms with Crippen LogP contribution in [0, 0.1) is 12.8 Å². The molecule has 1 saturated carbocycles. The van der Waals surface area contributed by atoms with E-state index in [4.69, 9.17) is 0 Å². The third-order valence-corrected chi connectivity index (χ3v) is 5.01. The summed E-state index contributed by atoms with van der Waals surface area (Å²) < 4.78 is 0. The van der Waals surface area contributed by atoms with Crippen LogP contribution in [0.2, 0.25) is 0 Å². The fourth-order valence-electron chi connectivity index (χ4n) is 3.61. The molecule has 0 aliphatic heterocycles. The van der Waals surface area contributed by atoms with Crippen LogP contribution in [-0.4, -0.2) is 0 Å². The van der Waals surface area contributed by atoms with Gasteiger partial charge in [-0.1, -0.05) is 69.7 Å². The van der Waals surface area contributed by atoms with Crippen LogP contribution in [-0.2, 0) is 0 Å². The van der Waals surface area contributed by atoms with Crippen LogP contribution in [0.25, 0.3) is 0 Å². The predicted molar refractivity (Wildman–Crippen MR) is 89.0 cm³/mol. The second-order valence-electron chi connectivity index (χ2n) is 6.66. The first-order chi connectivity index (χ1) is 9.79. The topological polar surface area (TPSA) is 0 Å². The molecule has 0 heterocycles. The van der Waals surface area contributed by atoms with E-state index in [-0.39, 0.29) is 0 Å². The Balaban J connectivity index is 1.66. The van der Waals surface area contributed by atoms with E-state index in [1.54, 1.807) is 5.56 Å². The predicted octanol–water partition coefficient (Wildman–Crippen LogP) is 6.50. The molecule has 0 unspecified atom stereocenters. The van der Waals surface area contributed by atoms with Crippen LogP contribution >= 0.6 is 0 Å². The zero-order valence-corrected chi connectivity index (χ0v) is 13.2. The van der Waals surface area contributed by atoms with E-state index in [9.17, 15) is 0 Å². The van der Waals surface area contributed by atoms with Crippen molar-refractivity contribution in [3.8, 4) is 0 Å². The van der Waals surface area contributed by atoms with Gasteiger partial charge in [0.25, 0.3) is 0 Å². The molecule has 1 aromatic carbocycles. The smallest absolute Gasteiger partial charge is 0.0162 e. The first-order valence-electron chi connectivity index (χ1n) is 8.71. The maximum absolute atomic E-state index is 3.97. The zero-order valence-electron chi connectivity index (χ0n) is 13.2. The maximum Gasteiger partial charge on any atom is -0.0162 e. The Morgan fingerprint density at radius 1 is 0.900 bits per heavy atom. The van der Waals surface area contributed by atoms with Crippen molar-refractivity contribution in [1.29, 1.82) is 0 Å². The summed E-state index contributed by atoms with van der Waals surface area (Å²) in [5.41, 5.74) is 2.67. The van der Waals surface area contributed by atoms with Gasteiger partial charge >= 0.3 is 0 Å². The quantitative estimate of drug-likeness (QED) is 0.496. The molecular formula is C20H31. The zero-order chi connectivity index (χ0) is 14.2. The fourth-order valence-corrected chi connectivity index (χ4v) is 3.61. The first kappa shape index (κ1) is 15.6. The monoisotopic (exact) mass is 271 g/mol. The molecule has 0 nitrogen and oxygen atoms in total. The van der Waals surface area contributed by atoms with Crippen molar-refractivity contribution < 1.29 is 0 Å². The summed E-state index contributed by atoms with van der Waals surface area (Å²) in [4.78, 5) is 0. The molecule has 1 aliphatic carbocycles. The molecule has 0 spiro atoms. The second kappa shape index (κ2) is 8.49. The van der Waals surface area contributed by atoms with Gasteiger partial charge in [-0.3, -0.25) is 0 Å². The number of unbranched alkanes of at least 4 members (excludes halogenated alkanes) is 4. The Morgan fingerprint density at radius 2 is 1.55 bits per heavy atom. The molecule has 1 aliphatic rings. The van der Waals surface area contributed by atoms with E-state index in [1.807, 2.05) is 0 Å². The van der Waals surface area contributed by atoms with Gasteiger partial charge < -0.3 is 0 Å². The average Bonchev–Trinajstić information content (AvgIpc) is 2.49. The minimum absolute atomic E-state index is 0.812. The van der Waals surface area contributed by atoms with Crippen LogP contribution < -0.4 is 0 Å². The highest BCUT2D eigenvalue weighted by Crippen LogP contribution is 2.37. The van der Waals surface area contributed by atoms with E-state index in [1.165, 1.54) is 64.2 Å². The molecule has 111 valence electrons. The SMILES string of the molecule is [CH2]c1ccc(C2CCC(CCCCCCC)CC2)cc1. The van der Waals surface area contributed by atoms with Crippen molar-refractivity contribution in [2.75, 3.05) is 0 Å². The molecule has 0 atom stereocenters. The van der Waals surface area contributed by atoms with Gasteiger partial charge in [-0.2, -0.15) is 0 Å². The second-order valence-corrected chi connectivity index (χ2v) is 6.66. The van der Waals surface area contributed by atoms with Crippen LogP contribution in [0.1, 0.15) is 88.2 Å². The summed E-state index contributed by atoms with van der Waals surface area (Å²) in [5, 5.41) is 0. The third kappa shape index (κ3) is 4.96. The summed E-state index contributed by atoms with van der Waals surface area (Å²) in [5.74, 6) is 1.83. The molecule has 0 N–H and O–H groups in total. The summed E-state index contributed by atoms with van der Waals surface area (Å²) in [6, 6.07) is 8.90. The van der Waals surface area contributed by atoms with Gasteiger partial charge in [-0.15, -0.1) is 0 Å². The maximum atomic E-state index is 3.97. The van der Waals surface area contributed by atoms with Gasteiger partial charge in [0.05, 0.1) is 0 Å². The van der Waals surface area contributed by atoms with Crippen molar-refractivity contribution in [2.24, 2.45) is 5.92 Å². The summed E-state index contributed by atoms with van der Waals surface area (Å²) >= 11 is 0. The third-order valence-electron chi connectivity index (χ3n) is 5.01. The molecule has 0 heteroatoms. The Kier molecular flexibility index (Phi) is 6.63. The minimum Gasteiger partial charge on any atom is -0.0654 e. The Labute approximate surface area is 126 Å². The number of hydrogen-bond donors (Lipinski definition) is 0. The van der Waals surface area contributed by atoms with Crippen molar-refractivity contribution in [3.63, 3.8) is 0 Å². The molecule has 2 rings (SSSR count). The largest absolute Gasteiger partial charge is 0.0654 e. The molecule has 1 radical (unpaired) electrons. The van der Waals surface area contributed by atoms with Gasteiger partial charge in [0.2, 0.25) is 0 Å². The highest BCUT2D eigenvalue weighted by molar-refractivity contribution is 5.27. The number of benzene rings is 1. The van der Waals surface area contributed by atoms with E-state index >= 15 is 0 Å². The van der Waals surface area contributed by atoms with Crippen LogP contribution in [0.3, 0.4) is 0 Å². The van der Waals surface area contributed by atoms with Crippen LogP contribution in [0.4, 0.5) is 0 Å². The highest BCUT2D eigenvalue weighted by Gasteiger charge is 2.21. The lowest BCUT2D eigenvalue weighted by Gasteiger charge is -2.29. The Hall–Kier alpha value is -0.780. The molecule has 0 aromatic heterocycles. The molecule has 20 heavy (non-hydrogen) atoms. The van der Waals surface area contributed by atoms with Gasteiger partial charge in [0, 0.05) is 0 Å². The highest BCUT2D eigenvalue weighted by atomic mass is 14.3. The van der Waals surface area contributed by atoms with E-state index < -0.39 is 0 Å². The van der Waals surface area contributed by atoms with Crippen molar-refractivity contribution in [1.82, 2.24) is 0 Å². The molecular weight excluding hydrogens is 240 g/mol. The van der Waals surface area contributed by atoms with Crippen LogP contribution in [0.5, 0.6) is 0 Å². The number of hydrogen-bond acceptors (Lipinski definition) is 0. The lowest BCUT2D eigenvalue weighted by molar-refractivity contribution is 0.302. The van der Waals surface area contributed by atoms with Crippen molar-refractivity contribution in [2.45, 2.75) is 77.0 Å². The lowest BCUT2D eigenvalue weighted by atomic mass is 9.77. The normalized spacial score (nSPS) is 22.9. The lowest BCUT2D eigenvalue weighted by Crippen LogP contribution is -2.13. The first-order valence-corrected chi connectivity index (χ1v) is 8.71. The molecule has 0 bridgehead atoms. The fraction of sp³-hybridized carbons (Fsp3) is 0.650. The molecule has 0 saturated heterocycles. The molecule has 1 fully saturated rings. The number of rotatable bonds is 7. The Morgan fingerprint density at radius 3 is 2.20 bits per heavy atom. The van der Waals surface area contributed by atoms with Gasteiger partial charge in [-0.25, -0.2) is 0 Å². The molecule has 1 aromatic rings. The van der Waals surface area contributed by atoms with Gasteiger partial charge in [0.1, 0.15) is 0 Å². The van der Waals surface area contributed by atoms with Crippen LogP contribution in [0.15, 0.2) is 24.3 Å². The molecule has 0 amide bonds. The summed E-state index contributed by atoms with van der Waals surface area (Å²) in [6.07, 6.45) is 14.3. The van der Waals surface area contributed by atoms with Gasteiger partial charge in [0.15, 0.2) is 0 Å². The summed E-state index contributed by atoms with van der Waals surface area (Å²) in [7, 11) is 0. The van der Waals surface area contributed by atoms with E-state index in [2.05, 4.69) is 38.1 Å². The average molecular weight is 271 g/mol.